The molecule has 0 fully saturated rings. The summed E-state index contributed by atoms with van der Waals surface area (Å²) in [6, 6.07) is 22.4. The summed E-state index contributed by atoms with van der Waals surface area (Å²) in [6.07, 6.45) is 5.36. The third-order valence-corrected chi connectivity index (χ3v) is 11.1. The molecule has 3 aromatic heterocycles. The number of nitrogens with two attached hydrogens (primary N) is 1. The molecule has 0 spiro atoms. The Labute approximate surface area is 355 Å². The molecule has 7 rings (SSSR count). The zero-order valence-corrected chi connectivity index (χ0v) is 33.7. The summed E-state index contributed by atoms with van der Waals surface area (Å²) in [6.45, 7) is 0. The number of fused-ring (bicyclic) bond motifs is 3. The van der Waals surface area contributed by atoms with Crippen molar-refractivity contribution in [3.05, 3.63) is 138 Å². The Kier molecular flexibility index (Phi) is 13.0. The van der Waals surface area contributed by atoms with Gasteiger partial charge < -0.3 is 52.2 Å². The molecule has 61 heavy (non-hydrogen) atoms. The average molecular weight is 843 g/mol. The van der Waals surface area contributed by atoms with Gasteiger partial charge >= 0.3 is 5.97 Å². The summed E-state index contributed by atoms with van der Waals surface area (Å²) in [5.41, 5.74) is 11.8. The molecule has 7 aromatic rings. The Morgan fingerprint density at radius 2 is 0.902 bits per heavy atom. The van der Waals surface area contributed by atoms with Gasteiger partial charge in [-0.05, 0) is 59.0 Å². The number of carbonyl (C=O) groups excluding carboxylic acids is 4. The topological polar surface area (TPSA) is 247 Å². The Balaban J connectivity index is 1.17. The second kappa shape index (κ2) is 18.9. The van der Waals surface area contributed by atoms with Gasteiger partial charge in [-0.15, -0.1) is 0 Å². The Bertz CT molecular complexity index is 2690. The molecule has 4 amide bonds. The minimum atomic E-state index is -1.35. The number of para-hydroxylation sites is 3. The van der Waals surface area contributed by atoms with E-state index in [1.165, 1.54) is 12.1 Å². The van der Waals surface area contributed by atoms with Crippen molar-refractivity contribution in [3.63, 3.8) is 0 Å². The molecule has 0 aliphatic heterocycles. The van der Waals surface area contributed by atoms with Crippen LogP contribution < -0.4 is 27.0 Å². The number of nitrogens with one attached hydrogen (secondary N) is 7. The number of phenolic OH excluding ortho intramolecular Hbond substituents is 1. The van der Waals surface area contributed by atoms with Crippen molar-refractivity contribution >= 4 is 74.9 Å². The Morgan fingerprint density at radius 1 is 0.525 bits per heavy atom. The third-order valence-electron chi connectivity index (χ3n) is 10.7. The predicted molar refractivity (Wildman–Crippen MR) is 235 cm³/mol. The number of aromatic hydroxyl groups is 1. The molecule has 0 radical (unpaired) electrons. The van der Waals surface area contributed by atoms with Gasteiger partial charge in [0.2, 0.25) is 23.6 Å². The van der Waals surface area contributed by atoms with E-state index in [4.69, 9.17) is 5.73 Å². The van der Waals surface area contributed by atoms with Gasteiger partial charge in [0, 0.05) is 76.3 Å². The second-order valence-corrected chi connectivity index (χ2v) is 15.3. The number of phenols is 1. The second-order valence-electron chi connectivity index (χ2n) is 14.9. The lowest BCUT2D eigenvalue weighted by atomic mass is 10.00. The zero-order valence-electron chi connectivity index (χ0n) is 32.9. The fraction of sp³-hybridized carbons (Fsp3) is 0.222. The van der Waals surface area contributed by atoms with Crippen LogP contribution in [-0.2, 0) is 49.7 Å². The normalized spacial score (nSPS) is 13.9. The third kappa shape index (κ3) is 10.1. The summed E-state index contributed by atoms with van der Waals surface area (Å²) in [5.74, 6) is -4.33. The van der Waals surface area contributed by atoms with E-state index < -0.39 is 59.8 Å². The van der Waals surface area contributed by atoms with Gasteiger partial charge in [-0.2, -0.15) is 12.6 Å². The van der Waals surface area contributed by atoms with Gasteiger partial charge in [-0.1, -0.05) is 66.7 Å². The average Bonchev–Trinajstić information content (AvgIpc) is 3.99. The number of carboxylic acid groups (broad SMARTS) is 1. The summed E-state index contributed by atoms with van der Waals surface area (Å²) in [4.78, 5) is 78.1. The minimum absolute atomic E-state index is 0.00749. The van der Waals surface area contributed by atoms with E-state index in [9.17, 15) is 34.2 Å². The first kappa shape index (κ1) is 42.1. The molecule has 0 unspecified atom stereocenters. The van der Waals surface area contributed by atoms with Gasteiger partial charge in [0.1, 0.15) is 29.9 Å². The molecule has 0 aliphatic rings. The number of amides is 4. The van der Waals surface area contributed by atoms with Crippen LogP contribution in [0.25, 0.3) is 32.7 Å². The van der Waals surface area contributed by atoms with Crippen molar-refractivity contribution in [2.75, 3.05) is 5.75 Å². The van der Waals surface area contributed by atoms with Gasteiger partial charge in [0.25, 0.3) is 0 Å². The monoisotopic (exact) mass is 842 g/mol. The highest BCUT2D eigenvalue weighted by atomic mass is 32.1. The van der Waals surface area contributed by atoms with Crippen LogP contribution in [0.3, 0.4) is 0 Å². The number of aromatic amines is 3. The lowest BCUT2D eigenvalue weighted by molar-refractivity contribution is -0.141. The predicted octanol–water partition coefficient (Wildman–Crippen LogP) is 3.39. The van der Waals surface area contributed by atoms with Gasteiger partial charge in [0.15, 0.2) is 0 Å². The number of rotatable bonds is 18. The van der Waals surface area contributed by atoms with Crippen LogP contribution in [0.5, 0.6) is 5.75 Å². The maximum Gasteiger partial charge on any atom is 0.327 e. The fourth-order valence-corrected chi connectivity index (χ4v) is 7.70. The van der Waals surface area contributed by atoms with E-state index in [-0.39, 0.29) is 37.2 Å². The van der Waals surface area contributed by atoms with Crippen LogP contribution in [0.1, 0.15) is 22.3 Å². The highest BCUT2D eigenvalue weighted by Crippen LogP contribution is 2.22. The first-order valence-corrected chi connectivity index (χ1v) is 20.3. The summed E-state index contributed by atoms with van der Waals surface area (Å²) < 4.78 is 0. The molecule has 0 aliphatic carbocycles. The lowest BCUT2D eigenvalue weighted by Crippen LogP contribution is -2.59. The van der Waals surface area contributed by atoms with Crippen LogP contribution in [0.2, 0.25) is 0 Å². The van der Waals surface area contributed by atoms with Crippen molar-refractivity contribution in [1.82, 2.24) is 36.2 Å². The molecular formula is C45H46N8O7S. The van der Waals surface area contributed by atoms with Gasteiger partial charge in [0.05, 0.1) is 6.04 Å². The molecule has 0 saturated heterocycles. The van der Waals surface area contributed by atoms with Gasteiger partial charge in [-0.25, -0.2) is 4.79 Å². The maximum absolute atomic E-state index is 14.5. The van der Waals surface area contributed by atoms with Crippen molar-refractivity contribution in [2.24, 2.45) is 5.73 Å². The largest absolute Gasteiger partial charge is 0.508 e. The molecule has 16 heteroatoms. The van der Waals surface area contributed by atoms with E-state index in [0.29, 0.717) is 11.1 Å². The highest BCUT2D eigenvalue weighted by Gasteiger charge is 2.33. The summed E-state index contributed by atoms with van der Waals surface area (Å²) in [5, 5.41) is 33.1. The van der Waals surface area contributed by atoms with Crippen molar-refractivity contribution < 1.29 is 34.2 Å². The number of thiol groups is 1. The maximum atomic E-state index is 14.5. The number of carboxylic acids is 1. The molecule has 314 valence electrons. The molecule has 3 heterocycles. The lowest BCUT2D eigenvalue weighted by Gasteiger charge is -2.26. The van der Waals surface area contributed by atoms with Crippen molar-refractivity contribution in [1.29, 1.82) is 0 Å². The number of aliphatic carboxylic acids is 1. The molecule has 5 atom stereocenters. The van der Waals surface area contributed by atoms with Crippen LogP contribution in [0, 0.1) is 0 Å². The first-order valence-electron chi connectivity index (χ1n) is 19.7. The van der Waals surface area contributed by atoms with E-state index in [2.05, 4.69) is 48.8 Å². The molecule has 0 bridgehead atoms. The van der Waals surface area contributed by atoms with Crippen LogP contribution in [0.4, 0.5) is 0 Å². The van der Waals surface area contributed by atoms with E-state index in [0.717, 1.165) is 43.8 Å². The molecular weight excluding hydrogens is 797 g/mol. The number of H-pyrrole nitrogens is 3. The molecule has 4 aromatic carbocycles. The van der Waals surface area contributed by atoms with Crippen molar-refractivity contribution in [2.45, 2.75) is 55.9 Å². The summed E-state index contributed by atoms with van der Waals surface area (Å²) >= 11 is 4.09. The van der Waals surface area contributed by atoms with Crippen LogP contribution in [-0.4, -0.2) is 90.7 Å². The fourth-order valence-electron chi connectivity index (χ4n) is 7.45. The SMILES string of the molecule is N[C@@H](Cc1c[nH]c2ccccc12)C(=O)N[C@@H](Cc1c[nH]c2ccccc12)C(=O)N[C@@H](Cc1ccc(O)cc1)C(=O)N[C@@H](Cc1c[nH]c2ccccc12)C(=O)N[C@@H](CS)C(=O)O. The molecule has 11 N–H and O–H groups in total. The smallest absolute Gasteiger partial charge is 0.327 e. The zero-order chi connectivity index (χ0) is 43.0. The van der Waals surface area contributed by atoms with Crippen LogP contribution >= 0.6 is 12.6 Å². The molecule has 15 nitrogen and oxygen atoms in total. The van der Waals surface area contributed by atoms with Crippen molar-refractivity contribution in [3.8, 4) is 5.75 Å². The number of hydrogen-bond donors (Lipinski definition) is 11. The number of benzene rings is 4. The minimum Gasteiger partial charge on any atom is -0.508 e. The molecule has 0 saturated carbocycles. The number of aromatic nitrogens is 3. The van der Waals surface area contributed by atoms with E-state index in [1.54, 1.807) is 30.7 Å². The van der Waals surface area contributed by atoms with Gasteiger partial charge in [-0.3, -0.25) is 19.2 Å². The first-order chi connectivity index (χ1) is 29.5. The Hall–Kier alpha value is -7.04. The highest BCUT2D eigenvalue weighted by molar-refractivity contribution is 7.80. The number of hydrogen-bond acceptors (Lipinski definition) is 8. The number of carbonyl (C=O) groups is 5. The summed E-state index contributed by atoms with van der Waals surface area (Å²) in [7, 11) is 0. The standard InChI is InChI=1S/C45H46N8O7S/c46-33(18-26-21-47-34-10-4-1-7-30(26)34)41(55)50-38(19-27-22-48-35-11-5-2-8-31(27)35)43(57)51-37(17-25-13-15-29(54)16-14-25)42(56)52-39(44(58)53-40(24-61)45(59)60)20-28-23-49-36-12-6-3-9-32(28)36/h1-16,21-23,33,37-40,47-49,54,61H,17-20,24,46H2,(H,50,55)(H,51,57)(H,52,56)(H,53,58)(H,59,60)/t33-,37-,38-,39-,40-/m0/s1. The van der Waals surface area contributed by atoms with Crippen LogP contribution in [0.15, 0.2) is 116 Å². The van der Waals surface area contributed by atoms with E-state index >= 15 is 0 Å². The quantitative estimate of drug-likeness (QED) is 0.0571. The Morgan fingerprint density at radius 3 is 1.33 bits per heavy atom. The van der Waals surface area contributed by atoms with E-state index in [1.807, 2.05) is 72.8 Å².